The van der Waals surface area contributed by atoms with Crippen LogP contribution in [0.15, 0.2) is 30.3 Å². The number of rotatable bonds is 5. The van der Waals surface area contributed by atoms with Crippen molar-refractivity contribution in [2.75, 3.05) is 6.54 Å². The maximum atomic E-state index is 11.8. The first kappa shape index (κ1) is 14.2. The Labute approximate surface area is 108 Å². The van der Waals surface area contributed by atoms with Crippen molar-refractivity contribution in [2.45, 2.75) is 33.4 Å². The summed E-state index contributed by atoms with van der Waals surface area (Å²) in [6.07, 6.45) is 0. The van der Waals surface area contributed by atoms with Crippen LogP contribution in [0.4, 0.5) is 0 Å². The van der Waals surface area contributed by atoms with Crippen molar-refractivity contribution in [3.8, 4) is 0 Å². The van der Waals surface area contributed by atoms with Crippen LogP contribution in [0.5, 0.6) is 0 Å². The lowest BCUT2D eigenvalue weighted by molar-refractivity contribution is -0.138. The number of hydrogen-bond donors (Lipinski definition) is 1. The summed E-state index contributed by atoms with van der Waals surface area (Å²) < 4.78 is 0. The van der Waals surface area contributed by atoms with E-state index in [0.717, 1.165) is 5.56 Å². The smallest absolute Gasteiger partial charge is 0.242 e. The molecule has 98 valence electrons. The van der Waals surface area contributed by atoms with E-state index in [1.54, 1.807) is 11.8 Å². The van der Waals surface area contributed by atoms with Gasteiger partial charge < -0.3 is 10.2 Å². The molecule has 0 fully saturated rings. The number of carbonyl (C=O) groups is 2. The number of carbonyl (C=O) groups excluding carboxylic acids is 2. The van der Waals surface area contributed by atoms with Crippen molar-refractivity contribution in [3.63, 3.8) is 0 Å². The molecule has 0 spiro atoms. The highest BCUT2D eigenvalue weighted by molar-refractivity contribution is 5.86. The predicted molar refractivity (Wildman–Crippen MR) is 70.8 cm³/mol. The minimum atomic E-state index is -0.456. The maximum Gasteiger partial charge on any atom is 0.242 e. The molecule has 1 N–H and O–H groups in total. The summed E-state index contributed by atoms with van der Waals surface area (Å²) >= 11 is 0. The second kappa shape index (κ2) is 6.79. The van der Waals surface area contributed by atoms with Gasteiger partial charge in [-0.1, -0.05) is 30.3 Å². The van der Waals surface area contributed by atoms with E-state index in [-0.39, 0.29) is 11.8 Å². The Morgan fingerprint density at radius 2 is 1.89 bits per heavy atom. The van der Waals surface area contributed by atoms with Crippen LogP contribution in [0, 0.1) is 0 Å². The van der Waals surface area contributed by atoms with E-state index in [0.29, 0.717) is 13.1 Å². The second-order valence-corrected chi connectivity index (χ2v) is 4.20. The second-order valence-electron chi connectivity index (χ2n) is 4.20. The average Bonchev–Trinajstić information content (AvgIpc) is 2.36. The van der Waals surface area contributed by atoms with Crippen molar-refractivity contribution in [1.82, 2.24) is 10.2 Å². The molecule has 0 aliphatic rings. The minimum absolute atomic E-state index is 0.0994. The third-order valence-corrected chi connectivity index (χ3v) is 2.80. The van der Waals surface area contributed by atoms with Gasteiger partial charge in [-0.3, -0.25) is 9.59 Å². The van der Waals surface area contributed by atoms with Crippen LogP contribution < -0.4 is 5.32 Å². The van der Waals surface area contributed by atoms with Crippen LogP contribution in [0.1, 0.15) is 26.3 Å². The number of benzene rings is 1. The van der Waals surface area contributed by atoms with Gasteiger partial charge in [-0.2, -0.15) is 0 Å². The van der Waals surface area contributed by atoms with Gasteiger partial charge in [-0.25, -0.2) is 0 Å². The summed E-state index contributed by atoms with van der Waals surface area (Å²) in [5.41, 5.74) is 1.02. The predicted octanol–water partition coefficient (Wildman–Crippen LogP) is 1.56. The topological polar surface area (TPSA) is 49.4 Å². The lowest BCUT2D eigenvalue weighted by Gasteiger charge is -2.27. The van der Waals surface area contributed by atoms with E-state index in [1.807, 2.05) is 37.3 Å². The summed E-state index contributed by atoms with van der Waals surface area (Å²) in [6.45, 7) is 6.11. The zero-order chi connectivity index (χ0) is 13.5. The number of nitrogens with one attached hydrogen (secondary N) is 1. The SMILES string of the molecule is CCNC(=O)C(C)N(Cc1ccccc1)C(C)=O. The van der Waals surface area contributed by atoms with Gasteiger partial charge in [-0.05, 0) is 19.4 Å². The van der Waals surface area contributed by atoms with Gasteiger partial charge >= 0.3 is 0 Å². The van der Waals surface area contributed by atoms with Crippen molar-refractivity contribution >= 4 is 11.8 Å². The van der Waals surface area contributed by atoms with Crippen LogP contribution in [0.25, 0.3) is 0 Å². The molecule has 0 aliphatic heterocycles. The monoisotopic (exact) mass is 248 g/mol. The van der Waals surface area contributed by atoms with Gasteiger partial charge in [0.2, 0.25) is 11.8 Å². The van der Waals surface area contributed by atoms with Crippen molar-refractivity contribution in [3.05, 3.63) is 35.9 Å². The molecule has 0 radical (unpaired) electrons. The zero-order valence-corrected chi connectivity index (χ0v) is 11.1. The number of likely N-dealkylation sites (N-methyl/N-ethyl adjacent to an activating group) is 1. The molecule has 4 nitrogen and oxygen atoms in total. The van der Waals surface area contributed by atoms with Gasteiger partial charge in [0, 0.05) is 20.0 Å². The van der Waals surface area contributed by atoms with Crippen molar-refractivity contribution < 1.29 is 9.59 Å². The maximum absolute atomic E-state index is 11.8. The molecule has 18 heavy (non-hydrogen) atoms. The third-order valence-electron chi connectivity index (χ3n) is 2.80. The summed E-state index contributed by atoms with van der Waals surface area (Å²) in [6, 6.07) is 9.20. The normalized spacial score (nSPS) is 11.7. The molecule has 1 rings (SSSR count). The Bertz CT molecular complexity index is 404. The third kappa shape index (κ3) is 3.87. The summed E-state index contributed by atoms with van der Waals surface area (Å²) in [5.74, 6) is -0.221. The highest BCUT2D eigenvalue weighted by Crippen LogP contribution is 2.09. The summed E-state index contributed by atoms with van der Waals surface area (Å²) in [5, 5.41) is 2.73. The Hall–Kier alpha value is -1.84. The van der Waals surface area contributed by atoms with Gasteiger partial charge in [0.1, 0.15) is 6.04 Å². The first-order chi connectivity index (χ1) is 8.56. The molecule has 1 unspecified atom stereocenters. The van der Waals surface area contributed by atoms with Crippen LogP contribution in [0.3, 0.4) is 0 Å². The highest BCUT2D eigenvalue weighted by Gasteiger charge is 2.22. The van der Waals surface area contributed by atoms with Crippen molar-refractivity contribution in [2.24, 2.45) is 0 Å². The van der Waals surface area contributed by atoms with Crippen LogP contribution in [0.2, 0.25) is 0 Å². The highest BCUT2D eigenvalue weighted by atomic mass is 16.2. The molecular formula is C14H20N2O2. The fraction of sp³-hybridized carbons (Fsp3) is 0.429. The molecule has 4 heteroatoms. The van der Waals surface area contributed by atoms with E-state index in [4.69, 9.17) is 0 Å². The molecule has 2 amide bonds. The van der Waals surface area contributed by atoms with E-state index in [9.17, 15) is 9.59 Å². The molecule has 0 heterocycles. The zero-order valence-electron chi connectivity index (χ0n) is 11.1. The quantitative estimate of drug-likeness (QED) is 0.859. The molecule has 1 atom stereocenters. The minimum Gasteiger partial charge on any atom is -0.355 e. The number of amides is 2. The molecule has 1 aromatic carbocycles. The molecular weight excluding hydrogens is 228 g/mol. The molecule has 1 aromatic rings. The Morgan fingerprint density at radius 3 is 2.39 bits per heavy atom. The first-order valence-corrected chi connectivity index (χ1v) is 6.15. The Morgan fingerprint density at radius 1 is 1.28 bits per heavy atom. The van der Waals surface area contributed by atoms with Gasteiger partial charge in [0.25, 0.3) is 0 Å². The fourth-order valence-corrected chi connectivity index (χ4v) is 1.76. The van der Waals surface area contributed by atoms with E-state index >= 15 is 0 Å². The van der Waals surface area contributed by atoms with Gasteiger partial charge in [0.05, 0.1) is 0 Å². The van der Waals surface area contributed by atoms with Crippen LogP contribution in [-0.2, 0) is 16.1 Å². The van der Waals surface area contributed by atoms with Crippen LogP contribution >= 0.6 is 0 Å². The number of nitrogens with zero attached hydrogens (tertiary/aromatic N) is 1. The average molecular weight is 248 g/mol. The van der Waals surface area contributed by atoms with Gasteiger partial charge in [0.15, 0.2) is 0 Å². The lowest BCUT2D eigenvalue weighted by atomic mass is 10.1. The number of hydrogen-bond acceptors (Lipinski definition) is 2. The Kier molecular flexibility index (Phi) is 5.36. The molecule has 0 saturated carbocycles. The molecule has 0 bridgehead atoms. The van der Waals surface area contributed by atoms with E-state index in [1.165, 1.54) is 6.92 Å². The van der Waals surface area contributed by atoms with Crippen LogP contribution in [-0.4, -0.2) is 29.3 Å². The summed E-state index contributed by atoms with van der Waals surface area (Å²) in [7, 11) is 0. The van der Waals surface area contributed by atoms with E-state index in [2.05, 4.69) is 5.32 Å². The fourth-order valence-electron chi connectivity index (χ4n) is 1.76. The van der Waals surface area contributed by atoms with Crippen molar-refractivity contribution in [1.29, 1.82) is 0 Å². The molecule has 0 aromatic heterocycles. The standard InChI is InChI=1S/C14H20N2O2/c1-4-15-14(18)11(2)16(12(3)17)10-13-8-6-5-7-9-13/h5-9,11H,4,10H2,1-3H3,(H,15,18). The lowest BCUT2D eigenvalue weighted by Crippen LogP contribution is -2.46. The molecule has 0 saturated heterocycles. The Balaban J connectivity index is 2.77. The summed E-state index contributed by atoms with van der Waals surface area (Å²) in [4.78, 5) is 25.0. The largest absolute Gasteiger partial charge is 0.355 e. The van der Waals surface area contributed by atoms with Gasteiger partial charge in [-0.15, -0.1) is 0 Å². The van der Waals surface area contributed by atoms with E-state index < -0.39 is 6.04 Å². The first-order valence-electron chi connectivity index (χ1n) is 6.15. The molecule has 0 aliphatic carbocycles.